The Hall–Kier alpha value is -3.00. The van der Waals surface area contributed by atoms with Crippen molar-refractivity contribution in [2.24, 2.45) is 5.92 Å². The van der Waals surface area contributed by atoms with Crippen molar-refractivity contribution in [1.82, 2.24) is 10.2 Å². The lowest BCUT2D eigenvalue weighted by Crippen LogP contribution is -2.52. The van der Waals surface area contributed by atoms with Crippen LogP contribution in [0.2, 0.25) is 0 Å². The molecule has 0 saturated carbocycles. The van der Waals surface area contributed by atoms with Gasteiger partial charge in [-0.2, -0.15) is 0 Å². The lowest BCUT2D eigenvalue weighted by Gasteiger charge is -2.33. The summed E-state index contributed by atoms with van der Waals surface area (Å²) in [5, 5.41) is 2.78. The monoisotopic (exact) mass is 470 g/mol. The topological polar surface area (TPSA) is 84.9 Å². The number of thioether (sulfide) groups is 1. The van der Waals surface area contributed by atoms with Crippen LogP contribution in [0.1, 0.15) is 26.7 Å². The number of likely N-dealkylation sites (tertiary alicyclic amines) is 1. The van der Waals surface area contributed by atoms with Crippen molar-refractivity contribution >= 4 is 29.5 Å². The van der Waals surface area contributed by atoms with E-state index in [1.165, 1.54) is 18.7 Å². The molecule has 8 heteroatoms. The Morgan fingerprint density at radius 1 is 1.03 bits per heavy atom. The number of para-hydroxylation sites is 1. The van der Waals surface area contributed by atoms with Crippen LogP contribution >= 0.6 is 11.8 Å². The van der Waals surface area contributed by atoms with E-state index in [9.17, 15) is 14.4 Å². The first-order valence-electron chi connectivity index (χ1n) is 11.1. The van der Waals surface area contributed by atoms with Gasteiger partial charge in [0.15, 0.2) is 0 Å². The van der Waals surface area contributed by atoms with Crippen molar-refractivity contribution in [3.05, 3.63) is 54.6 Å². The lowest BCUT2D eigenvalue weighted by atomic mass is 9.96. The summed E-state index contributed by atoms with van der Waals surface area (Å²) in [5.41, 5.74) is 0. The summed E-state index contributed by atoms with van der Waals surface area (Å²) in [6, 6.07) is 16.5. The number of nitrogens with one attached hydrogen (secondary N) is 1. The molecule has 3 rings (SSSR count). The fourth-order valence-corrected chi connectivity index (χ4v) is 4.56. The molecule has 0 bridgehead atoms. The molecular formula is C25H30N2O5S. The molecule has 1 atom stereocenters. The average Bonchev–Trinajstić information content (AvgIpc) is 2.83. The smallest absolute Gasteiger partial charge is 0.309 e. The molecule has 1 saturated heterocycles. The number of carbonyl (C=O) groups is 3. The molecule has 2 aromatic rings. The van der Waals surface area contributed by atoms with E-state index in [4.69, 9.17) is 9.47 Å². The van der Waals surface area contributed by atoms with E-state index < -0.39 is 6.04 Å². The van der Waals surface area contributed by atoms with E-state index in [1.54, 1.807) is 11.8 Å². The lowest BCUT2D eigenvalue weighted by molar-refractivity contribution is -0.151. The number of esters is 1. The normalized spacial score (nSPS) is 14.9. The maximum absolute atomic E-state index is 13.1. The number of rotatable bonds is 9. The third-order valence-corrected chi connectivity index (χ3v) is 6.43. The van der Waals surface area contributed by atoms with Gasteiger partial charge in [0.2, 0.25) is 11.8 Å². The molecule has 33 heavy (non-hydrogen) atoms. The summed E-state index contributed by atoms with van der Waals surface area (Å²) >= 11 is 1.50. The minimum atomic E-state index is -0.633. The van der Waals surface area contributed by atoms with E-state index in [-0.39, 0.29) is 23.7 Å². The van der Waals surface area contributed by atoms with Crippen LogP contribution in [0.5, 0.6) is 11.5 Å². The first-order valence-corrected chi connectivity index (χ1v) is 12.1. The average molecular weight is 471 g/mol. The summed E-state index contributed by atoms with van der Waals surface area (Å²) in [5.74, 6) is 1.17. The summed E-state index contributed by atoms with van der Waals surface area (Å²) in [6.07, 6.45) is 1.15. The zero-order valence-electron chi connectivity index (χ0n) is 19.0. The van der Waals surface area contributed by atoms with Crippen molar-refractivity contribution in [3.8, 4) is 11.5 Å². The molecule has 0 aromatic heterocycles. The number of hydrogen-bond donors (Lipinski definition) is 1. The summed E-state index contributed by atoms with van der Waals surface area (Å²) in [6.45, 7) is 4.52. The highest BCUT2D eigenvalue weighted by molar-refractivity contribution is 7.99. The molecular weight excluding hydrogens is 440 g/mol. The largest absolute Gasteiger partial charge is 0.466 e. The van der Waals surface area contributed by atoms with Gasteiger partial charge in [-0.25, -0.2) is 0 Å². The second-order valence-electron chi connectivity index (χ2n) is 7.80. The summed E-state index contributed by atoms with van der Waals surface area (Å²) < 4.78 is 10.9. The first-order chi connectivity index (χ1) is 16.0. The van der Waals surface area contributed by atoms with Crippen LogP contribution in [0.25, 0.3) is 0 Å². The molecule has 1 fully saturated rings. The van der Waals surface area contributed by atoms with Gasteiger partial charge in [0.1, 0.15) is 17.5 Å². The van der Waals surface area contributed by atoms with E-state index in [0.717, 1.165) is 16.4 Å². The molecule has 0 radical (unpaired) electrons. The van der Waals surface area contributed by atoms with Crippen LogP contribution in [0.15, 0.2) is 59.5 Å². The maximum Gasteiger partial charge on any atom is 0.309 e. The van der Waals surface area contributed by atoms with E-state index in [0.29, 0.717) is 38.3 Å². The number of ether oxygens (including phenoxy) is 2. The van der Waals surface area contributed by atoms with Crippen LogP contribution in [-0.4, -0.2) is 54.2 Å². The van der Waals surface area contributed by atoms with E-state index >= 15 is 0 Å². The molecule has 1 unspecified atom stereocenters. The molecule has 2 aromatic carbocycles. The molecule has 176 valence electrons. The predicted molar refractivity (Wildman–Crippen MR) is 127 cm³/mol. The van der Waals surface area contributed by atoms with E-state index in [2.05, 4.69) is 5.32 Å². The van der Waals surface area contributed by atoms with E-state index in [1.807, 2.05) is 54.6 Å². The first kappa shape index (κ1) is 24.6. The third kappa shape index (κ3) is 7.53. The van der Waals surface area contributed by atoms with Gasteiger partial charge in [-0.3, -0.25) is 14.4 Å². The molecule has 1 heterocycles. The van der Waals surface area contributed by atoms with Crippen molar-refractivity contribution < 1.29 is 23.9 Å². The Labute approximate surface area is 198 Å². The number of carbonyl (C=O) groups excluding carboxylic acids is 3. The number of hydrogen-bond acceptors (Lipinski definition) is 6. The predicted octanol–water partition coefficient (Wildman–Crippen LogP) is 3.88. The molecule has 7 nitrogen and oxygen atoms in total. The highest BCUT2D eigenvalue weighted by atomic mass is 32.2. The van der Waals surface area contributed by atoms with Crippen molar-refractivity contribution in [3.63, 3.8) is 0 Å². The Balaban J connectivity index is 1.54. The number of nitrogens with zero attached hydrogens (tertiary/aromatic N) is 1. The van der Waals surface area contributed by atoms with Crippen LogP contribution in [0.4, 0.5) is 0 Å². The number of piperidine rings is 1. The van der Waals surface area contributed by atoms with Gasteiger partial charge in [0.05, 0.1) is 12.5 Å². The summed E-state index contributed by atoms with van der Waals surface area (Å²) in [7, 11) is 0. The Kier molecular flexibility index (Phi) is 9.18. The van der Waals surface area contributed by atoms with Gasteiger partial charge in [-0.15, -0.1) is 11.8 Å². The zero-order valence-corrected chi connectivity index (χ0v) is 19.8. The highest BCUT2D eigenvalue weighted by Gasteiger charge is 2.31. The van der Waals surface area contributed by atoms with Crippen LogP contribution < -0.4 is 10.1 Å². The molecule has 1 aliphatic heterocycles. The second-order valence-corrected chi connectivity index (χ2v) is 8.90. The number of benzene rings is 2. The fourth-order valence-electron chi connectivity index (χ4n) is 3.64. The summed E-state index contributed by atoms with van der Waals surface area (Å²) in [4.78, 5) is 39.4. The van der Waals surface area contributed by atoms with Gasteiger partial charge in [-0.05, 0) is 56.2 Å². The Morgan fingerprint density at radius 2 is 1.67 bits per heavy atom. The number of amides is 2. The van der Waals surface area contributed by atoms with Crippen molar-refractivity contribution in [2.45, 2.75) is 37.6 Å². The van der Waals surface area contributed by atoms with Gasteiger partial charge in [-0.1, -0.05) is 18.2 Å². The van der Waals surface area contributed by atoms with Crippen molar-refractivity contribution in [1.29, 1.82) is 0 Å². The minimum absolute atomic E-state index is 0.121. The molecule has 1 aliphatic rings. The Morgan fingerprint density at radius 3 is 2.27 bits per heavy atom. The van der Waals surface area contributed by atoms with Crippen LogP contribution in [0, 0.1) is 5.92 Å². The SMILES string of the molecule is CCOC(=O)C1CCN(C(=O)C(CSc2ccc(Oc3ccccc3)cc2)NC(C)=O)CC1. The molecule has 0 aliphatic carbocycles. The molecule has 1 N–H and O–H groups in total. The minimum Gasteiger partial charge on any atom is -0.466 e. The Bertz CT molecular complexity index is 928. The molecule has 0 spiro atoms. The quantitative estimate of drug-likeness (QED) is 0.442. The van der Waals surface area contributed by atoms with Crippen LogP contribution in [0.3, 0.4) is 0 Å². The van der Waals surface area contributed by atoms with Crippen molar-refractivity contribution in [2.75, 3.05) is 25.4 Å². The van der Waals surface area contributed by atoms with Gasteiger partial charge >= 0.3 is 5.97 Å². The highest BCUT2D eigenvalue weighted by Crippen LogP contribution is 2.26. The maximum atomic E-state index is 13.1. The second kappa shape index (κ2) is 12.3. The van der Waals surface area contributed by atoms with Crippen LogP contribution in [-0.2, 0) is 19.1 Å². The zero-order chi connectivity index (χ0) is 23.6. The molecule has 2 amide bonds. The standard InChI is InChI=1S/C25H30N2O5S/c1-3-31-25(30)19-13-15-27(16-14-19)24(29)23(26-18(2)28)17-33-22-11-9-21(10-12-22)32-20-7-5-4-6-8-20/h4-12,19,23H,3,13-17H2,1-2H3,(H,26,28). The van der Waals surface area contributed by atoms with Gasteiger partial charge < -0.3 is 19.7 Å². The fraction of sp³-hybridized carbons (Fsp3) is 0.400. The van der Waals surface area contributed by atoms with Gasteiger partial charge in [0, 0.05) is 30.7 Å². The van der Waals surface area contributed by atoms with Gasteiger partial charge in [0.25, 0.3) is 0 Å². The third-order valence-electron chi connectivity index (χ3n) is 5.32.